The molecule has 0 bridgehead atoms. The van der Waals surface area contributed by atoms with Crippen LogP contribution in [-0.2, 0) is 25.7 Å². The Morgan fingerprint density at radius 1 is 1.08 bits per heavy atom. The van der Waals surface area contributed by atoms with E-state index < -0.39 is 17.1 Å². The molecule has 3 atom stereocenters. The Hall–Kier alpha value is -2.80. The van der Waals surface area contributed by atoms with E-state index in [1.54, 1.807) is 47.6 Å². The van der Waals surface area contributed by atoms with Gasteiger partial charge in [0.1, 0.15) is 11.8 Å². The lowest BCUT2D eigenvalue weighted by molar-refractivity contribution is -0.136. The van der Waals surface area contributed by atoms with Crippen LogP contribution < -0.4 is 9.77 Å². The second-order valence-electron chi connectivity index (χ2n) is 8.93. The molecule has 3 unspecified atom stereocenters. The standard InChI is InChI=1S/C25H21BrN4O5S2/c26-15-3-5-16(6-4-15)30-22(32)19-18(14-2-1-7-27-12-14)21-24(36-20(19)23(30)33)29(25(34)37-21)13-17(31)28-8-10-35-11-9-28/h1-7,12,18-20H,8-11,13H2. The number of hydrogen-bond donors (Lipinski definition) is 0. The second kappa shape index (κ2) is 9.82. The molecule has 0 radical (unpaired) electrons. The van der Waals surface area contributed by atoms with Crippen LogP contribution in [0.2, 0.25) is 0 Å². The van der Waals surface area contributed by atoms with Crippen LogP contribution >= 0.6 is 39.0 Å². The maximum Gasteiger partial charge on any atom is 0.308 e. The predicted molar refractivity (Wildman–Crippen MR) is 142 cm³/mol. The Kier molecular flexibility index (Phi) is 6.51. The van der Waals surface area contributed by atoms with Crippen molar-refractivity contribution < 1.29 is 19.1 Å². The van der Waals surface area contributed by atoms with E-state index in [0.29, 0.717) is 41.9 Å². The number of thioether (sulfide) groups is 1. The van der Waals surface area contributed by atoms with E-state index in [2.05, 4.69) is 20.9 Å². The topological polar surface area (TPSA) is 102 Å². The molecular formula is C25H21BrN4O5S2. The summed E-state index contributed by atoms with van der Waals surface area (Å²) in [5, 5.41) is -0.155. The van der Waals surface area contributed by atoms with Gasteiger partial charge in [0.25, 0.3) is 0 Å². The van der Waals surface area contributed by atoms with Crippen molar-refractivity contribution in [3.8, 4) is 0 Å². The number of benzene rings is 1. The van der Waals surface area contributed by atoms with Gasteiger partial charge >= 0.3 is 4.87 Å². The normalized spacial score (nSPS) is 23.2. The fourth-order valence-corrected chi connectivity index (χ4v) is 8.10. The summed E-state index contributed by atoms with van der Waals surface area (Å²) in [6.45, 7) is 1.77. The highest BCUT2D eigenvalue weighted by Crippen LogP contribution is 2.53. The average Bonchev–Trinajstić information content (AvgIpc) is 3.36. The van der Waals surface area contributed by atoms with Gasteiger partial charge in [-0.05, 0) is 35.9 Å². The van der Waals surface area contributed by atoms with Crippen LogP contribution in [0.5, 0.6) is 0 Å². The lowest BCUT2D eigenvalue weighted by atomic mass is 9.84. The quantitative estimate of drug-likeness (QED) is 0.424. The van der Waals surface area contributed by atoms with Gasteiger partial charge in [-0.25, -0.2) is 4.90 Å². The average molecular weight is 602 g/mol. The number of amides is 3. The van der Waals surface area contributed by atoms with Crippen molar-refractivity contribution in [3.05, 3.63) is 73.4 Å². The molecule has 3 aromatic rings. The van der Waals surface area contributed by atoms with Crippen LogP contribution in [0.15, 0.2) is 63.1 Å². The first-order valence-electron chi connectivity index (χ1n) is 11.7. The first-order chi connectivity index (χ1) is 17.9. The zero-order valence-electron chi connectivity index (χ0n) is 19.4. The summed E-state index contributed by atoms with van der Waals surface area (Å²) < 4.78 is 7.64. The number of ether oxygens (including phenoxy) is 1. The van der Waals surface area contributed by atoms with Gasteiger partial charge in [0.15, 0.2) is 0 Å². The van der Waals surface area contributed by atoms with Gasteiger partial charge in [0, 0.05) is 40.8 Å². The van der Waals surface area contributed by atoms with Crippen LogP contribution in [-0.4, -0.2) is 63.7 Å². The summed E-state index contributed by atoms with van der Waals surface area (Å²) in [6, 6.07) is 10.7. The zero-order valence-corrected chi connectivity index (χ0v) is 22.6. The molecule has 3 amide bonds. The van der Waals surface area contributed by atoms with E-state index >= 15 is 0 Å². The van der Waals surface area contributed by atoms with E-state index in [1.807, 2.05) is 6.07 Å². The van der Waals surface area contributed by atoms with Crippen molar-refractivity contribution in [1.29, 1.82) is 0 Å². The lowest BCUT2D eigenvalue weighted by Gasteiger charge is -2.31. The summed E-state index contributed by atoms with van der Waals surface area (Å²) in [7, 11) is 0. The number of hydrogen-bond acceptors (Lipinski definition) is 8. The number of nitrogens with zero attached hydrogens (tertiary/aromatic N) is 4. The molecule has 0 spiro atoms. The van der Waals surface area contributed by atoms with E-state index in [-0.39, 0.29) is 29.1 Å². The van der Waals surface area contributed by atoms with E-state index in [9.17, 15) is 19.2 Å². The van der Waals surface area contributed by atoms with Crippen molar-refractivity contribution in [3.63, 3.8) is 0 Å². The van der Waals surface area contributed by atoms with Crippen molar-refractivity contribution >= 4 is 62.4 Å². The minimum Gasteiger partial charge on any atom is -0.378 e. The maximum absolute atomic E-state index is 13.8. The van der Waals surface area contributed by atoms with Crippen LogP contribution in [0, 0.1) is 5.92 Å². The van der Waals surface area contributed by atoms with Crippen molar-refractivity contribution in [1.82, 2.24) is 14.5 Å². The fourth-order valence-electron chi connectivity index (χ4n) is 5.07. The molecule has 0 aliphatic carbocycles. The fraction of sp³-hybridized carbons (Fsp3) is 0.320. The van der Waals surface area contributed by atoms with Gasteiger partial charge in [-0.1, -0.05) is 45.1 Å². The highest BCUT2D eigenvalue weighted by atomic mass is 79.9. The summed E-state index contributed by atoms with van der Waals surface area (Å²) >= 11 is 5.64. The zero-order chi connectivity index (χ0) is 25.7. The first-order valence-corrected chi connectivity index (χ1v) is 14.2. The minimum atomic E-state index is -0.729. The monoisotopic (exact) mass is 600 g/mol. The summed E-state index contributed by atoms with van der Waals surface area (Å²) in [5.41, 5.74) is 1.26. The number of aromatic nitrogens is 2. The van der Waals surface area contributed by atoms with Gasteiger partial charge in [0.2, 0.25) is 17.7 Å². The van der Waals surface area contributed by atoms with E-state index in [0.717, 1.165) is 21.4 Å². The number of carbonyl (C=O) groups excluding carboxylic acids is 3. The number of imide groups is 1. The number of fused-ring (bicyclic) bond motifs is 2. The van der Waals surface area contributed by atoms with Crippen molar-refractivity contribution in [2.45, 2.75) is 22.7 Å². The van der Waals surface area contributed by atoms with Gasteiger partial charge in [-0.3, -0.25) is 28.7 Å². The minimum absolute atomic E-state index is 0.118. The molecule has 3 aliphatic heterocycles. The van der Waals surface area contributed by atoms with Crippen LogP contribution in [0.25, 0.3) is 0 Å². The van der Waals surface area contributed by atoms with Gasteiger partial charge in [0.05, 0.1) is 29.8 Å². The molecule has 1 aromatic carbocycles. The molecule has 2 saturated heterocycles. The molecule has 3 aliphatic rings. The number of thiazole rings is 1. The third kappa shape index (κ3) is 4.25. The van der Waals surface area contributed by atoms with E-state index in [4.69, 9.17) is 4.74 Å². The maximum atomic E-state index is 13.8. The molecule has 2 fully saturated rings. The molecule has 12 heteroatoms. The molecule has 5 heterocycles. The van der Waals surface area contributed by atoms with Crippen molar-refractivity contribution in [2.75, 3.05) is 31.2 Å². The highest BCUT2D eigenvalue weighted by Gasteiger charge is 2.56. The lowest BCUT2D eigenvalue weighted by Crippen LogP contribution is -2.43. The third-order valence-corrected chi connectivity index (χ3v) is 9.97. The smallest absolute Gasteiger partial charge is 0.308 e. The summed E-state index contributed by atoms with van der Waals surface area (Å²) in [4.78, 5) is 61.3. The number of morpholine rings is 1. The SMILES string of the molecule is O=C(Cn1c2c(sc1=O)C(c1cccnc1)C1C(=O)N(c3ccc(Br)cc3)C(=O)C1S2)N1CCOCC1. The molecule has 37 heavy (non-hydrogen) atoms. The molecule has 6 rings (SSSR count). The molecule has 190 valence electrons. The highest BCUT2D eigenvalue weighted by molar-refractivity contribution is 9.10. The van der Waals surface area contributed by atoms with Crippen LogP contribution in [0.1, 0.15) is 16.4 Å². The largest absolute Gasteiger partial charge is 0.378 e. The number of anilines is 1. The Morgan fingerprint density at radius 3 is 2.54 bits per heavy atom. The summed E-state index contributed by atoms with van der Waals surface area (Å²) in [6.07, 6.45) is 3.32. The van der Waals surface area contributed by atoms with Gasteiger partial charge in [-0.2, -0.15) is 0 Å². The number of rotatable bonds is 4. The van der Waals surface area contributed by atoms with Crippen LogP contribution in [0.3, 0.4) is 0 Å². The van der Waals surface area contributed by atoms with Crippen molar-refractivity contribution in [2.24, 2.45) is 5.92 Å². The summed E-state index contributed by atoms with van der Waals surface area (Å²) in [5.74, 6) is -2.02. The molecule has 2 aromatic heterocycles. The second-order valence-corrected chi connectivity index (χ2v) is 12.0. The Labute approximate surface area is 228 Å². The number of halogens is 1. The van der Waals surface area contributed by atoms with E-state index in [1.165, 1.54) is 21.2 Å². The third-order valence-electron chi connectivity index (χ3n) is 6.83. The molecule has 0 saturated carbocycles. The van der Waals surface area contributed by atoms with Gasteiger partial charge in [-0.15, -0.1) is 0 Å². The number of carbonyl (C=O) groups is 3. The Balaban J connectivity index is 1.42. The van der Waals surface area contributed by atoms with Gasteiger partial charge < -0.3 is 9.64 Å². The predicted octanol–water partition coefficient (Wildman–Crippen LogP) is 2.72. The number of pyridine rings is 1. The molecular weight excluding hydrogens is 580 g/mol. The Morgan fingerprint density at radius 2 is 1.84 bits per heavy atom. The molecule has 9 nitrogen and oxygen atoms in total. The Bertz CT molecular complexity index is 1440. The first kappa shape index (κ1) is 24.5. The van der Waals surface area contributed by atoms with Crippen LogP contribution in [0.4, 0.5) is 5.69 Å². The molecule has 0 N–H and O–H groups in total.